The Labute approximate surface area is 164 Å². The van der Waals surface area contributed by atoms with Crippen LogP contribution in [0.5, 0.6) is 11.5 Å². The highest BCUT2D eigenvalue weighted by Crippen LogP contribution is 2.26. The van der Waals surface area contributed by atoms with Crippen LogP contribution in [0.25, 0.3) is 0 Å². The van der Waals surface area contributed by atoms with E-state index in [0.717, 1.165) is 6.42 Å². The fourth-order valence-corrected chi connectivity index (χ4v) is 2.57. The van der Waals surface area contributed by atoms with Crippen LogP contribution in [0.15, 0.2) is 18.2 Å². The monoisotopic (exact) mass is 405 g/mol. The minimum absolute atomic E-state index is 0.0966. The number of alkyl halides is 3. The molecule has 28 heavy (non-hydrogen) atoms. The lowest BCUT2D eigenvalue weighted by Gasteiger charge is -2.27. The number of aryl methyl sites for hydroxylation is 1. The summed E-state index contributed by atoms with van der Waals surface area (Å²) in [5.41, 5.74) is 0.0636. The smallest absolute Gasteiger partial charge is 0.410 e. The number of hydrogen-bond acceptors (Lipinski definition) is 4. The van der Waals surface area contributed by atoms with Crippen LogP contribution in [-0.2, 0) is 11.2 Å². The highest BCUT2D eigenvalue weighted by Gasteiger charge is 2.21. The molecule has 1 amide bonds. The number of rotatable bonds is 10. The number of halogens is 3. The summed E-state index contributed by atoms with van der Waals surface area (Å²) >= 11 is 0. The Bertz CT molecular complexity index is 590. The molecule has 0 aromatic heterocycles. The summed E-state index contributed by atoms with van der Waals surface area (Å²) in [6.45, 7) is 6.58. The molecular formula is C20H30F3NO4. The van der Waals surface area contributed by atoms with E-state index in [0.29, 0.717) is 31.5 Å². The van der Waals surface area contributed by atoms with E-state index in [9.17, 15) is 18.0 Å². The Morgan fingerprint density at radius 3 is 2.18 bits per heavy atom. The number of benzene rings is 1. The summed E-state index contributed by atoms with van der Waals surface area (Å²) in [7, 11) is 0. The van der Waals surface area contributed by atoms with Crippen LogP contribution in [0, 0.1) is 0 Å². The Hall–Kier alpha value is -2.12. The average molecular weight is 405 g/mol. The second kappa shape index (κ2) is 11.0. The lowest BCUT2D eigenvalue weighted by Crippen LogP contribution is -2.38. The molecule has 1 atom stereocenters. The zero-order valence-corrected chi connectivity index (χ0v) is 17.1. The molecule has 0 saturated heterocycles. The minimum atomic E-state index is -2.99. The molecule has 1 aromatic rings. The first-order chi connectivity index (χ1) is 13.0. The predicted octanol–water partition coefficient (Wildman–Crippen LogP) is 5.56. The van der Waals surface area contributed by atoms with Gasteiger partial charge in [-0.2, -0.15) is 8.78 Å². The zero-order valence-electron chi connectivity index (χ0n) is 17.1. The van der Waals surface area contributed by atoms with Crippen LogP contribution >= 0.6 is 0 Å². The van der Waals surface area contributed by atoms with Crippen LogP contribution in [0.2, 0.25) is 0 Å². The molecule has 160 valence electrons. The van der Waals surface area contributed by atoms with Gasteiger partial charge in [-0.3, -0.25) is 0 Å². The molecule has 8 heteroatoms. The van der Waals surface area contributed by atoms with Crippen molar-refractivity contribution in [1.82, 2.24) is 4.90 Å². The van der Waals surface area contributed by atoms with E-state index < -0.39 is 18.6 Å². The molecule has 0 bridgehead atoms. The van der Waals surface area contributed by atoms with Crippen molar-refractivity contribution in [2.45, 2.75) is 72.5 Å². The number of carbonyl (C=O) groups excluding carboxylic acids is 1. The highest BCUT2D eigenvalue weighted by atomic mass is 19.3. The molecule has 0 fully saturated rings. The predicted molar refractivity (Wildman–Crippen MR) is 101 cm³/mol. The van der Waals surface area contributed by atoms with Crippen molar-refractivity contribution in [3.8, 4) is 11.5 Å². The van der Waals surface area contributed by atoms with E-state index in [1.54, 1.807) is 31.7 Å². The standard InChI is InChI=1S/C20H30F3NO4/c1-6-9-24(19(25)28-20(3,4)5)10-7-8-15-11-16(26-14(2)21)13-17(12-15)27-18(22)23/h11-14,18H,6-10H2,1-5H3. The third-order valence-corrected chi connectivity index (χ3v) is 3.50. The molecule has 1 unspecified atom stereocenters. The molecule has 0 aliphatic heterocycles. The van der Waals surface area contributed by atoms with E-state index in [1.165, 1.54) is 19.1 Å². The maximum Gasteiger partial charge on any atom is 0.410 e. The Balaban J connectivity index is 2.78. The molecule has 0 aliphatic carbocycles. The van der Waals surface area contributed by atoms with Gasteiger partial charge in [0.1, 0.15) is 17.1 Å². The Morgan fingerprint density at radius 1 is 1.07 bits per heavy atom. The first-order valence-electron chi connectivity index (χ1n) is 9.37. The van der Waals surface area contributed by atoms with Crippen LogP contribution in [0.1, 0.15) is 53.0 Å². The summed E-state index contributed by atoms with van der Waals surface area (Å²) < 4.78 is 52.9. The molecule has 5 nitrogen and oxygen atoms in total. The largest absolute Gasteiger partial charge is 0.461 e. The van der Waals surface area contributed by atoms with Crippen molar-refractivity contribution in [1.29, 1.82) is 0 Å². The summed E-state index contributed by atoms with van der Waals surface area (Å²) in [4.78, 5) is 13.9. The van der Waals surface area contributed by atoms with Gasteiger partial charge in [-0.15, -0.1) is 0 Å². The maximum absolute atomic E-state index is 13.1. The highest BCUT2D eigenvalue weighted by molar-refractivity contribution is 5.68. The minimum Gasteiger partial charge on any atom is -0.461 e. The fraction of sp³-hybridized carbons (Fsp3) is 0.650. The van der Waals surface area contributed by atoms with E-state index in [-0.39, 0.29) is 17.6 Å². The molecule has 0 N–H and O–H groups in total. The summed E-state index contributed by atoms with van der Waals surface area (Å²) in [5, 5.41) is 0. The normalized spacial score (nSPS) is 12.6. The SMILES string of the molecule is CCCN(CCCc1cc(OC(C)F)cc(OC(F)F)c1)C(=O)OC(C)(C)C. The molecule has 0 saturated carbocycles. The zero-order chi connectivity index (χ0) is 21.3. The van der Waals surface area contributed by atoms with Gasteiger partial charge in [0.25, 0.3) is 0 Å². The second-order valence-electron chi connectivity index (χ2n) is 7.42. The van der Waals surface area contributed by atoms with Crippen molar-refractivity contribution in [2.75, 3.05) is 13.1 Å². The van der Waals surface area contributed by atoms with Crippen molar-refractivity contribution in [2.24, 2.45) is 0 Å². The number of amides is 1. The van der Waals surface area contributed by atoms with Gasteiger partial charge in [0.05, 0.1) is 0 Å². The summed E-state index contributed by atoms with van der Waals surface area (Å²) in [6.07, 6.45) is -0.146. The maximum atomic E-state index is 13.1. The van der Waals surface area contributed by atoms with Crippen molar-refractivity contribution < 1.29 is 32.2 Å². The van der Waals surface area contributed by atoms with Gasteiger partial charge in [0, 0.05) is 26.1 Å². The number of hydrogen-bond donors (Lipinski definition) is 0. The molecule has 0 radical (unpaired) electrons. The first kappa shape index (κ1) is 23.9. The number of ether oxygens (including phenoxy) is 3. The molecule has 0 spiro atoms. The van der Waals surface area contributed by atoms with Gasteiger partial charge in [-0.05, 0) is 57.7 Å². The molecule has 1 aromatic carbocycles. The van der Waals surface area contributed by atoms with Gasteiger partial charge < -0.3 is 19.1 Å². The van der Waals surface area contributed by atoms with Crippen LogP contribution < -0.4 is 9.47 Å². The first-order valence-corrected chi connectivity index (χ1v) is 9.37. The van der Waals surface area contributed by atoms with Crippen molar-refractivity contribution in [3.05, 3.63) is 23.8 Å². The third-order valence-electron chi connectivity index (χ3n) is 3.50. The van der Waals surface area contributed by atoms with Crippen LogP contribution in [0.4, 0.5) is 18.0 Å². The molecule has 0 heterocycles. The van der Waals surface area contributed by atoms with E-state index in [1.807, 2.05) is 6.92 Å². The quantitative estimate of drug-likeness (QED) is 0.511. The fourth-order valence-electron chi connectivity index (χ4n) is 2.57. The van der Waals surface area contributed by atoms with Gasteiger partial charge >= 0.3 is 12.7 Å². The second-order valence-corrected chi connectivity index (χ2v) is 7.42. The average Bonchev–Trinajstić information content (AvgIpc) is 2.50. The van der Waals surface area contributed by atoms with E-state index in [2.05, 4.69) is 4.74 Å². The van der Waals surface area contributed by atoms with Crippen LogP contribution in [0.3, 0.4) is 0 Å². The molecular weight excluding hydrogens is 375 g/mol. The van der Waals surface area contributed by atoms with Gasteiger partial charge in [-0.25, -0.2) is 9.18 Å². The Kier molecular flexibility index (Phi) is 9.41. The third kappa shape index (κ3) is 9.71. The summed E-state index contributed by atoms with van der Waals surface area (Å²) in [6, 6.07) is 4.25. The lowest BCUT2D eigenvalue weighted by molar-refractivity contribution is -0.0500. The topological polar surface area (TPSA) is 48.0 Å². The van der Waals surface area contributed by atoms with Gasteiger partial charge in [0.2, 0.25) is 6.36 Å². The van der Waals surface area contributed by atoms with E-state index in [4.69, 9.17) is 9.47 Å². The van der Waals surface area contributed by atoms with Crippen molar-refractivity contribution in [3.63, 3.8) is 0 Å². The van der Waals surface area contributed by atoms with Gasteiger partial charge in [0.15, 0.2) is 0 Å². The Morgan fingerprint density at radius 2 is 1.68 bits per heavy atom. The van der Waals surface area contributed by atoms with Crippen molar-refractivity contribution >= 4 is 6.09 Å². The number of carbonyl (C=O) groups is 1. The van der Waals surface area contributed by atoms with E-state index >= 15 is 0 Å². The van der Waals surface area contributed by atoms with Gasteiger partial charge in [-0.1, -0.05) is 6.92 Å². The molecule has 1 rings (SSSR count). The van der Waals surface area contributed by atoms with Crippen LogP contribution in [-0.4, -0.2) is 42.7 Å². The summed E-state index contributed by atoms with van der Waals surface area (Å²) in [5.74, 6) is 0.0152. The number of nitrogens with zero attached hydrogens (tertiary/aromatic N) is 1. The lowest BCUT2D eigenvalue weighted by atomic mass is 10.1. The molecule has 0 aliphatic rings.